The van der Waals surface area contributed by atoms with Gasteiger partial charge in [0.2, 0.25) is 0 Å². The van der Waals surface area contributed by atoms with Crippen LogP contribution >= 0.6 is 0 Å². The molecule has 0 saturated carbocycles. The number of ether oxygens (including phenoxy) is 2. The lowest BCUT2D eigenvalue weighted by Gasteiger charge is -2.23. The molecule has 0 aliphatic heterocycles. The zero-order chi connectivity index (χ0) is 46.9. The monoisotopic (exact) mass is 892 g/mol. The zero-order valence-corrected chi connectivity index (χ0v) is 42.8. The fraction of sp³-hybridized carbons (Fsp3) is 0.889. The number of carbonyl (C=O) groups is 2. The molecule has 1 rings (SSSR count). The molecule has 0 amide bonds. The Balaban J connectivity index is 0. The van der Waals surface area contributed by atoms with Crippen LogP contribution in [0.5, 0.6) is 0 Å². The molecular weight excluding hydrogens is 787 g/mol. The van der Waals surface area contributed by atoms with Gasteiger partial charge in [0.1, 0.15) is 23.9 Å². The summed E-state index contributed by atoms with van der Waals surface area (Å²) in [5.41, 5.74) is -0.0472. The van der Waals surface area contributed by atoms with E-state index in [4.69, 9.17) is 9.47 Å². The first kappa shape index (κ1) is 63.0. The smallest absolute Gasteiger partial charge is 0.253 e. The van der Waals surface area contributed by atoms with Gasteiger partial charge in [0, 0.05) is 40.7 Å². The minimum atomic E-state index is -0.437. The van der Waals surface area contributed by atoms with Crippen LogP contribution in [0.15, 0.2) is 9.59 Å². The van der Waals surface area contributed by atoms with Crippen molar-refractivity contribution in [2.24, 2.45) is 0 Å². The van der Waals surface area contributed by atoms with Gasteiger partial charge >= 0.3 is 0 Å². The van der Waals surface area contributed by atoms with E-state index >= 15 is 0 Å². The molecule has 0 spiro atoms. The van der Waals surface area contributed by atoms with Gasteiger partial charge in [-0.15, -0.1) is 0 Å². The number of unbranched alkanes of at least 4 members (excludes halogenated alkanes) is 25. The van der Waals surface area contributed by atoms with Crippen LogP contribution in [0.3, 0.4) is 0 Å². The standard InChI is InChI=1S/C24H41N3O4.C18H38O.C12H26O/c1-25-21-22(24(31)23(21)30)26-15-14-18-27(16-10-6-2-4-8-12-19-28)17-11-7-3-5-9-13-20-29;1-4-6-8-10-12-14-16-18(19-3)17-15-13-11-9-7-5-2;1-4-6-7-8-9-10-11-12(5-2)13-3/h19-20,25-26H,2-18H2,1H3;18H,4-17H2,1-3H3;12H,4-11H2,1-3H3. The lowest BCUT2D eigenvalue weighted by Crippen LogP contribution is -2.37. The average Bonchev–Trinajstić information content (AvgIpc) is 3.30. The van der Waals surface area contributed by atoms with Crippen LogP contribution in [0, 0.1) is 0 Å². The Morgan fingerprint density at radius 1 is 0.460 bits per heavy atom. The highest BCUT2D eigenvalue weighted by molar-refractivity contribution is 5.73. The topological polar surface area (TPSA) is 114 Å². The number of methoxy groups -OCH3 is 2. The first-order valence-corrected chi connectivity index (χ1v) is 26.7. The third-order valence-electron chi connectivity index (χ3n) is 12.5. The summed E-state index contributed by atoms with van der Waals surface area (Å²) in [4.78, 5) is 46.3. The van der Waals surface area contributed by atoms with Crippen molar-refractivity contribution in [3.05, 3.63) is 20.4 Å². The van der Waals surface area contributed by atoms with E-state index in [2.05, 4.69) is 43.2 Å². The summed E-state index contributed by atoms with van der Waals surface area (Å²) in [6.07, 6.45) is 46.6. The average molecular weight is 892 g/mol. The van der Waals surface area contributed by atoms with E-state index in [0.717, 1.165) is 83.6 Å². The first-order chi connectivity index (χ1) is 30.8. The highest BCUT2D eigenvalue weighted by atomic mass is 16.5. The van der Waals surface area contributed by atoms with Gasteiger partial charge in [-0.05, 0) is 77.4 Å². The Labute approximate surface area is 389 Å². The van der Waals surface area contributed by atoms with Crippen LogP contribution in [0.1, 0.15) is 252 Å². The first-order valence-electron chi connectivity index (χ1n) is 26.7. The van der Waals surface area contributed by atoms with Crippen LogP contribution in [-0.2, 0) is 19.1 Å². The SMILES string of the molecule is CCCCCCCCC(CC)OC.CCCCCCCCC(CCCCCCCC)OC.CNc1c(NCCCN(CCCCCCCC=O)CCCCCCCC=O)c(=O)c1=O. The summed E-state index contributed by atoms with van der Waals surface area (Å²) in [6.45, 7) is 12.8. The molecule has 1 aromatic carbocycles. The number of hydrogen-bond donors (Lipinski definition) is 2. The highest BCUT2D eigenvalue weighted by Gasteiger charge is 2.19. The molecule has 0 saturated heterocycles. The molecule has 0 aliphatic rings. The predicted octanol–water partition coefficient (Wildman–Crippen LogP) is 14.2. The molecular formula is C54H105N3O6. The molecule has 9 nitrogen and oxygen atoms in total. The molecule has 1 unspecified atom stereocenters. The molecule has 0 aromatic heterocycles. The Morgan fingerprint density at radius 3 is 1.19 bits per heavy atom. The second kappa shape index (κ2) is 50.9. The number of anilines is 2. The fourth-order valence-corrected chi connectivity index (χ4v) is 8.16. The van der Waals surface area contributed by atoms with Crippen molar-refractivity contribution in [1.82, 2.24) is 4.90 Å². The Bertz CT molecular complexity index is 1110. The maximum atomic E-state index is 11.6. The molecule has 0 bridgehead atoms. The van der Waals surface area contributed by atoms with Gasteiger partial charge in [0.05, 0.1) is 12.2 Å². The number of rotatable bonds is 46. The molecule has 1 atom stereocenters. The van der Waals surface area contributed by atoms with Crippen LogP contribution in [0.25, 0.3) is 0 Å². The summed E-state index contributed by atoms with van der Waals surface area (Å²) < 4.78 is 10.9. The van der Waals surface area contributed by atoms with Crippen molar-refractivity contribution in [1.29, 1.82) is 0 Å². The minimum absolute atomic E-state index is 0.394. The van der Waals surface area contributed by atoms with Crippen molar-refractivity contribution in [3.63, 3.8) is 0 Å². The molecule has 0 fully saturated rings. The van der Waals surface area contributed by atoms with E-state index in [1.165, 1.54) is 161 Å². The third kappa shape index (κ3) is 39.9. The molecule has 2 N–H and O–H groups in total. The molecule has 1 aromatic rings. The van der Waals surface area contributed by atoms with Gasteiger partial charge in [0.15, 0.2) is 0 Å². The van der Waals surface area contributed by atoms with Crippen molar-refractivity contribution in [3.8, 4) is 0 Å². The molecule has 0 radical (unpaired) electrons. The van der Waals surface area contributed by atoms with Gasteiger partial charge in [-0.25, -0.2) is 0 Å². The van der Waals surface area contributed by atoms with Crippen molar-refractivity contribution >= 4 is 23.9 Å². The van der Waals surface area contributed by atoms with Crippen molar-refractivity contribution in [2.45, 2.75) is 265 Å². The molecule has 372 valence electrons. The lowest BCUT2D eigenvalue weighted by atomic mass is 10.0. The fourth-order valence-electron chi connectivity index (χ4n) is 8.16. The maximum Gasteiger partial charge on any atom is 0.253 e. The van der Waals surface area contributed by atoms with Crippen LogP contribution in [0.4, 0.5) is 11.4 Å². The molecule has 9 heteroatoms. The maximum absolute atomic E-state index is 11.6. The number of aldehydes is 2. The van der Waals surface area contributed by atoms with Crippen molar-refractivity contribution in [2.75, 3.05) is 58.1 Å². The van der Waals surface area contributed by atoms with E-state index in [1.54, 1.807) is 7.05 Å². The number of carbonyl (C=O) groups excluding carboxylic acids is 2. The molecule has 63 heavy (non-hydrogen) atoms. The summed E-state index contributed by atoms with van der Waals surface area (Å²) in [5.74, 6) is 0. The van der Waals surface area contributed by atoms with Crippen LogP contribution < -0.4 is 21.5 Å². The van der Waals surface area contributed by atoms with E-state index in [0.29, 0.717) is 43.0 Å². The molecule has 0 aliphatic carbocycles. The zero-order valence-electron chi connectivity index (χ0n) is 42.8. The summed E-state index contributed by atoms with van der Waals surface area (Å²) in [7, 11) is 5.37. The van der Waals surface area contributed by atoms with E-state index in [-0.39, 0.29) is 0 Å². The summed E-state index contributed by atoms with van der Waals surface area (Å²) in [6, 6.07) is 0. The molecule has 0 heterocycles. The number of nitrogens with one attached hydrogen (secondary N) is 2. The second-order valence-electron chi connectivity index (χ2n) is 18.0. The number of nitrogens with zero attached hydrogens (tertiary/aromatic N) is 1. The summed E-state index contributed by atoms with van der Waals surface area (Å²) >= 11 is 0. The van der Waals surface area contributed by atoms with E-state index < -0.39 is 10.9 Å². The highest BCUT2D eigenvalue weighted by Crippen LogP contribution is 2.17. The van der Waals surface area contributed by atoms with Crippen LogP contribution in [-0.4, -0.2) is 77.1 Å². The third-order valence-corrected chi connectivity index (χ3v) is 12.5. The van der Waals surface area contributed by atoms with Crippen molar-refractivity contribution < 1.29 is 19.1 Å². The normalized spacial score (nSPS) is 11.6. The Hall–Kier alpha value is -2.10. The number of hydrogen-bond acceptors (Lipinski definition) is 9. The van der Waals surface area contributed by atoms with Gasteiger partial charge in [-0.1, -0.05) is 182 Å². The Kier molecular flexibility index (Phi) is 50.9. The van der Waals surface area contributed by atoms with Gasteiger partial charge < -0.3 is 34.6 Å². The largest absolute Gasteiger partial charge is 0.383 e. The van der Waals surface area contributed by atoms with Crippen LogP contribution in [0.2, 0.25) is 0 Å². The lowest BCUT2D eigenvalue weighted by molar-refractivity contribution is -0.108. The van der Waals surface area contributed by atoms with Gasteiger partial charge in [-0.3, -0.25) is 9.59 Å². The predicted molar refractivity (Wildman–Crippen MR) is 274 cm³/mol. The van der Waals surface area contributed by atoms with Gasteiger partial charge in [-0.2, -0.15) is 0 Å². The van der Waals surface area contributed by atoms with E-state index in [1.807, 2.05) is 14.2 Å². The van der Waals surface area contributed by atoms with Gasteiger partial charge in [0.25, 0.3) is 10.9 Å². The Morgan fingerprint density at radius 2 is 0.810 bits per heavy atom. The minimum Gasteiger partial charge on any atom is -0.383 e. The second-order valence-corrected chi connectivity index (χ2v) is 18.0. The quantitative estimate of drug-likeness (QED) is 0.0375. The van der Waals surface area contributed by atoms with E-state index in [9.17, 15) is 19.2 Å². The summed E-state index contributed by atoms with van der Waals surface area (Å²) in [5, 5.41) is 5.89.